The molecule has 9 heteroatoms. The molecule has 9 nitrogen and oxygen atoms in total. The Morgan fingerprint density at radius 1 is 1.33 bits per heavy atom. The van der Waals surface area contributed by atoms with E-state index in [0.29, 0.717) is 25.3 Å². The molecular formula is C15H20N4O5. The first kappa shape index (κ1) is 19.1. The molecule has 0 bridgehead atoms. The van der Waals surface area contributed by atoms with Crippen molar-refractivity contribution >= 4 is 12.0 Å². The molecule has 130 valence electrons. The quantitative estimate of drug-likeness (QED) is 0.222. The normalized spacial score (nSPS) is 10.2. The van der Waals surface area contributed by atoms with Crippen molar-refractivity contribution < 1.29 is 24.1 Å². The molecule has 0 aliphatic carbocycles. The van der Waals surface area contributed by atoms with Crippen LogP contribution >= 0.6 is 0 Å². The van der Waals surface area contributed by atoms with Crippen molar-refractivity contribution in [2.75, 3.05) is 40.5 Å². The van der Waals surface area contributed by atoms with Gasteiger partial charge in [0.05, 0.1) is 27.4 Å². The number of carbonyl (C=O) groups excluding carboxylic acids is 1. The van der Waals surface area contributed by atoms with Crippen molar-refractivity contribution in [2.45, 2.75) is 0 Å². The first-order valence-corrected chi connectivity index (χ1v) is 7.11. The van der Waals surface area contributed by atoms with Crippen molar-refractivity contribution in [1.29, 1.82) is 0 Å². The zero-order chi connectivity index (χ0) is 17.8. The monoisotopic (exact) mass is 336 g/mol. The lowest BCUT2D eigenvalue weighted by atomic mass is 10.1. The van der Waals surface area contributed by atoms with Gasteiger partial charge in [-0.25, -0.2) is 0 Å². The van der Waals surface area contributed by atoms with Crippen LogP contribution in [0.2, 0.25) is 0 Å². The van der Waals surface area contributed by atoms with Crippen LogP contribution in [0.25, 0.3) is 16.5 Å². The lowest BCUT2D eigenvalue weighted by molar-refractivity contribution is -0.116. The Morgan fingerprint density at radius 3 is 2.58 bits per heavy atom. The Bertz CT molecular complexity index is 601. The molecule has 0 aromatic heterocycles. The first-order chi connectivity index (χ1) is 11.6. The number of methoxy groups -OCH3 is 2. The maximum Gasteiger partial charge on any atom is 0.244 e. The number of phenols is 1. The molecule has 1 amide bonds. The summed E-state index contributed by atoms with van der Waals surface area (Å²) in [6.45, 7) is 1.22. The summed E-state index contributed by atoms with van der Waals surface area (Å²) in [6, 6.07) is 3.17. The fourth-order valence-electron chi connectivity index (χ4n) is 1.74. The Labute approximate surface area is 139 Å². The first-order valence-electron chi connectivity index (χ1n) is 7.11. The minimum absolute atomic E-state index is 0.0977. The molecule has 0 saturated heterocycles. The van der Waals surface area contributed by atoms with Gasteiger partial charge in [-0.3, -0.25) is 4.79 Å². The van der Waals surface area contributed by atoms with Crippen LogP contribution in [0.3, 0.4) is 0 Å². The predicted molar refractivity (Wildman–Crippen MR) is 88.1 cm³/mol. The zero-order valence-corrected chi connectivity index (χ0v) is 13.6. The summed E-state index contributed by atoms with van der Waals surface area (Å²) in [6.07, 6.45) is 2.92. The SMILES string of the molecule is COc1cc(/C=C/C(=O)NCCOCCN=[N+]=[N-])cc(OC)c1O. The highest BCUT2D eigenvalue weighted by Crippen LogP contribution is 2.37. The smallest absolute Gasteiger partial charge is 0.244 e. The van der Waals surface area contributed by atoms with E-state index in [1.54, 1.807) is 18.2 Å². The fourth-order valence-corrected chi connectivity index (χ4v) is 1.74. The highest BCUT2D eigenvalue weighted by molar-refractivity contribution is 5.91. The Hall–Kier alpha value is -2.90. The van der Waals surface area contributed by atoms with Crippen molar-refractivity contribution in [3.8, 4) is 17.2 Å². The average molecular weight is 336 g/mol. The van der Waals surface area contributed by atoms with E-state index in [-0.39, 0.29) is 29.7 Å². The summed E-state index contributed by atoms with van der Waals surface area (Å²) in [5, 5.41) is 15.8. The van der Waals surface area contributed by atoms with E-state index in [1.165, 1.54) is 20.3 Å². The molecule has 1 rings (SSSR count). The molecule has 0 atom stereocenters. The summed E-state index contributed by atoms with van der Waals surface area (Å²) in [7, 11) is 2.85. The summed E-state index contributed by atoms with van der Waals surface area (Å²) in [4.78, 5) is 14.3. The average Bonchev–Trinajstić information content (AvgIpc) is 2.60. The molecule has 0 unspecified atom stereocenters. The van der Waals surface area contributed by atoms with Gasteiger partial charge in [0.2, 0.25) is 11.7 Å². The number of hydrogen-bond donors (Lipinski definition) is 2. The number of benzene rings is 1. The van der Waals surface area contributed by atoms with Gasteiger partial charge in [-0.05, 0) is 29.3 Å². The van der Waals surface area contributed by atoms with Crippen LogP contribution in [-0.2, 0) is 9.53 Å². The molecule has 0 spiro atoms. The third kappa shape index (κ3) is 6.47. The van der Waals surface area contributed by atoms with E-state index in [1.807, 2.05) is 0 Å². The number of carbonyl (C=O) groups is 1. The summed E-state index contributed by atoms with van der Waals surface area (Å²) in [5.74, 6) is 0.116. The number of hydrogen-bond acceptors (Lipinski definition) is 6. The van der Waals surface area contributed by atoms with Crippen molar-refractivity contribution in [1.82, 2.24) is 5.32 Å². The van der Waals surface area contributed by atoms with Gasteiger partial charge in [-0.1, -0.05) is 5.11 Å². The van der Waals surface area contributed by atoms with Crippen molar-refractivity contribution in [2.24, 2.45) is 5.11 Å². The molecule has 0 aliphatic heterocycles. The van der Waals surface area contributed by atoms with Gasteiger partial charge >= 0.3 is 0 Å². The molecule has 0 fully saturated rings. The Balaban J connectivity index is 2.47. The lowest BCUT2D eigenvalue weighted by Crippen LogP contribution is -2.25. The van der Waals surface area contributed by atoms with E-state index >= 15 is 0 Å². The molecule has 0 heterocycles. The largest absolute Gasteiger partial charge is 0.502 e. The van der Waals surface area contributed by atoms with Gasteiger partial charge in [0.1, 0.15) is 0 Å². The van der Waals surface area contributed by atoms with E-state index < -0.39 is 0 Å². The Morgan fingerprint density at radius 2 is 2.00 bits per heavy atom. The summed E-state index contributed by atoms with van der Waals surface area (Å²) < 4.78 is 15.2. The number of rotatable bonds is 10. The highest BCUT2D eigenvalue weighted by Gasteiger charge is 2.10. The van der Waals surface area contributed by atoms with Gasteiger partial charge in [0.15, 0.2) is 11.5 Å². The van der Waals surface area contributed by atoms with E-state index in [4.69, 9.17) is 19.7 Å². The molecule has 0 radical (unpaired) electrons. The van der Waals surface area contributed by atoms with Crippen LogP contribution in [0.15, 0.2) is 23.3 Å². The summed E-state index contributed by atoms with van der Waals surface area (Å²) in [5.41, 5.74) is 8.73. The van der Waals surface area contributed by atoms with Crippen LogP contribution in [-0.4, -0.2) is 51.5 Å². The van der Waals surface area contributed by atoms with E-state index in [2.05, 4.69) is 15.3 Å². The minimum Gasteiger partial charge on any atom is -0.502 e. The molecule has 1 aromatic carbocycles. The standard InChI is InChI=1S/C15H20N4O5/c1-22-12-9-11(10-13(23-2)15(12)21)3-4-14(20)17-5-7-24-8-6-18-19-16/h3-4,9-10,21H,5-8H2,1-2H3,(H,17,20)/b4-3+. The predicted octanol–water partition coefficient (Wildman–Crippen LogP) is 1.87. The maximum atomic E-state index is 11.7. The van der Waals surface area contributed by atoms with E-state index in [0.717, 1.165) is 0 Å². The molecule has 0 saturated carbocycles. The molecule has 24 heavy (non-hydrogen) atoms. The van der Waals surface area contributed by atoms with Gasteiger partial charge in [-0.15, -0.1) is 0 Å². The second-order valence-corrected chi connectivity index (χ2v) is 4.47. The number of nitrogens with zero attached hydrogens (tertiary/aromatic N) is 3. The number of aromatic hydroxyl groups is 1. The number of amides is 1. The molecule has 1 aromatic rings. The number of nitrogens with one attached hydrogen (secondary N) is 1. The molecular weight excluding hydrogens is 316 g/mol. The second kappa shape index (κ2) is 10.8. The lowest BCUT2D eigenvalue weighted by Gasteiger charge is -2.09. The third-order valence-corrected chi connectivity index (χ3v) is 2.87. The summed E-state index contributed by atoms with van der Waals surface area (Å²) >= 11 is 0. The highest BCUT2D eigenvalue weighted by atomic mass is 16.5. The van der Waals surface area contributed by atoms with Crippen LogP contribution in [0.5, 0.6) is 17.2 Å². The second-order valence-electron chi connectivity index (χ2n) is 4.47. The van der Waals surface area contributed by atoms with Crippen LogP contribution in [0.4, 0.5) is 0 Å². The fraction of sp³-hybridized carbons (Fsp3) is 0.400. The molecule has 2 N–H and O–H groups in total. The van der Waals surface area contributed by atoms with Gasteiger partial charge in [0, 0.05) is 24.1 Å². The van der Waals surface area contributed by atoms with E-state index in [9.17, 15) is 9.90 Å². The van der Waals surface area contributed by atoms with Gasteiger partial charge < -0.3 is 24.6 Å². The minimum atomic E-state index is -0.292. The van der Waals surface area contributed by atoms with Crippen LogP contribution in [0.1, 0.15) is 5.56 Å². The number of ether oxygens (including phenoxy) is 3. The van der Waals surface area contributed by atoms with Crippen molar-refractivity contribution in [3.63, 3.8) is 0 Å². The van der Waals surface area contributed by atoms with Crippen molar-refractivity contribution in [3.05, 3.63) is 34.2 Å². The van der Waals surface area contributed by atoms with Gasteiger partial charge in [0.25, 0.3) is 0 Å². The zero-order valence-electron chi connectivity index (χ0n) is 13.6. The van der Waals surface area contributed by atoms with Crippen LogP contribution < -0.4 is 14.8 Å². The number of azide groups is 1. The van der Waals surface area contributed by atoms with Gasteiger partial charge in [-0.2, -0.15) is 0 Å². The number of phenolic OH excluding ortho intramolecular Hbond substituents is 1. The maximum absolute atomic E-state index is 11.7. The third-order valence-electron chi connectivity index (χ3n) is 2.87. The molecule has 0 aliphatic rings. The topological polar surface area (TPSA) is 126 Å². The van der Waals surface area contributed by atoms with Crippen LogP contribution in [0, 0.1) is 0 Å². The Kier molecular flexibility index (Phi) is 8.59.